The number of carbonyl (C=O) groups is 2. The fourth-order valence-electron chi connectivity index (χ4n) is 2.42. The van der Waals surface area contributed by atoms with E-state index in [1.54, 1.807) is 0 Å². The Morgan fingerprint density at radius 3 is 1.90 bits per heavy atom. The average Bonchev–Trinajstić information content (AvgIpc) is 2.44. The van der Waals surface area contributed by atoms with E-state index in [0.29, 0.717) is 5.57 Å². The topological polar surface area (TPSA) is 34.1 Å². The monoisotopic (exact) mass is 294 g/mol. The first-order valence-corrected chi connectivity index (χ1v) is 8.45. The zero-order chi connectivity index (χ0) is 14.6. The van der Waals surface area contributed by atoms with Gasteiger partial charge in [-0.05, 0) is 43.2 Å². The van der Waals surface area contributed by atoms with Crippen LogP contribution >= 0.6 is 12.6 Å². The molecule has 0 aliphatic heterocycles. The van der Waals surface area contributed by atoms with E-state index >= 15 is 0 Å². The van der Waals surface area contributed by atoms with Crippen LogP contribution in [0.4, 0.5) is 0 Å². The predicted octanol–water partition coefficient (Wildman–Crippen LogP) is 4.45. The third kappa shape index (κ3) is 7.68. The maximum Gasteiger partial charge on any atom is 0.182 e. The van der Waals surface area contributed by atoms with Crippen molar-refractivity contribution in [2.45, 2.75) is 64.2 Å². The van der Waals surface area contributed by atoms with Gasteiger partial charge < -0.3 is 0 Å². The Morgan fingerprint density at radius 1 is 0.750 bits per heavy atom. The first-order chi connectivity index (χ1) is 9.74. The van der Waals surface area contributed by atoms with Crippen molar-refractivity contribution in [2.75, 3.05) is 5.75 Å². The number of allylic oxidation sites excluding steroid dienone is 4. The van der Waals surface area contributed by atoms with Crippen molar-refractivity contribution in [1.82, 2.24) is 0 Å². The molecule has 0 heterocycles. The zero-order valence-electron chi connectivity index (χ0n) is 12.3. The molecule has 3 heteroatoms. The standard InChI is InChI=1S/C17H26O2S/c18-16-11-12-17(19)15(14-16)10-8-6-4-2-1-3-5-7-9-13-20/h11-12,14,20H,1-10,13H2. The van der Waals surface area contributed by atoms with E-state index in [9.17, 15) is 9.59 Å². The Labute approximate surface area is 128 Å². The Hall–Kier alpha value is -0.830. The van der Waals surface area contributed by atoms with Gasteiger partial charge in [0.05, 0.1) is 0 Å². The minimum absolute atomic E-state index is 0.00814. The van der Waals surface area contributed by atoms with E-state index in [-0.39, 0.29) is 11.6 Å². The van der Waals surface area contributed by atoms with Crippen molar-refractivity contribution in [2.24, 2.45) is 0 Å². The van der Waals surface area contributed by atoms with Gasteiger partial charge in [-0.3, -0.25) is 9.59 Å². The summed E-state index contributed by atoms with van der Waals surface area (Å²) in [4.78, 5) is 22.7. The van der Waals surface area contributed by atoms with Crippen LogP contribution in [0.25, 0.3) is 0 Å². The van der Waals surface area contributed by atoms with Gasteiger partial charge >= 0.3 is 0 Å². The second-order valence-electron chi connectivity index (χ2n) is 5.43. The Morgan fingerprint density at radius 2 is 1.30 bits per heavy atom. The molecule has 2 nitrogen and oxygen atoms in total. The number of carbonyl (C=O) groups excluding carboxylic acids is 2. The molecule has 0 saturated heterocycles. The van der Waals surface area contributed by atoms with Gasteiger partial charge in [0.25, 0.3) is 0 Å². The molecular formula is C17H26O2S. The van der Waals surface area contributed by atoms with Crippen LogP contribution in [0.3, 0.4) is 0 Å². The fraction of sp³-hybridized carbons (Fsp3) is 0.647. The van der Waals surface area contributed by atoms with E-state index in [1.807, 2.05) is 0 Å². The molecule has 0 radical (unpaired) electrons. The SMILES string of the molecule is O=C1C=CC(=O)C(CCCCCCCCCCCS)=C1. The first kappa shape index (κ1) is 17.2. The quantitative estimate of drug-likeness (QED) is 0.347. The highest BCUT2D eigenvalue weighted by Gasteiger charge is 2.12. The van der Waals surface area contributed by atoms with Gasteiger partial charge in [0.2, 0.25) is 0 Å². The second kappa shape index (κ2) is 10.9. The van der Waals surface area contributed by atoms with E-state index < -0.39 is 0 Å². The van der Waals surface area contributed by atoms with Crippen LogP contribution in [0.1, 0.15) is 64.2 Å². The summed E-state index contributed by atoms with van der Waals surface area (Å²) in [5.41, 5.74) is 0.684. The van der Waals surface area contributed by atoms with E-state index in [1.165, 1.54) is 63.2 Å². The molecule has 1 aliphatic rings. The van der Waals surface area contributed by atoms with Gasteiger partial charge in [0.15, 0.2) is 11.6 Å². The molecule has 1 rings (SSSR count). The molecule has 0 aromatic carbocycles. The predicted molar refractivity (Wildman–Crippen MR) is 87.3 cm³/mol. The summed E-state index contributed by atoms with van der Waals surface area (Å²) in [6.07, 6.45) is 16.2. The first-order valence-electron chi connectivity index (χ1n) is 7.82. The molecule has 20 heavy (non-hydrogen) atoms. The van der Waals surface area contributed by atoms with Crippen LogP contribution in [-0.4, -0.2) is 17.3 Å². The largest absolute Gasteiger partial charge is 0.290 e. The number of thiol groups is 1. The molecule has 0 amide bonds. The van der Waals surface area contributed by atoms with Gasteiger partial charge in [-0.2, -0.15) is 12.6 Å². The molecule has 0 aromatic rings. The van der Waals surface area contributed by atoms with Gasteiger partial charge in [0, 0.05) is 5.57 Å². The van der Waals surface area contributed by atoms with Crippen molar-refractivity contribution in [3.05, 3.63) is 23.8 Å². The maximum atomic E-state index is 11.5. The smallest absolute Gasteiger partial charge is 0.182 e. The van der Waals surface area contributed by atoms with Crippen LogP contribution in [0.2, 0.25) is 0 Å². The van der Waals surface area contributed by atoms with Crippen molar-refractivity contribution >= 4 is 24.2 Å². The minimum atomic E-state index is -0.0548. The van der Waals surface area contributed by atoms with Crippen LogP contribution in [-0.2, 0) is 9.59 Å². The molecule has 0 fully saturated rings. The van der Waals surface area contributed by atoms with Crippen molar-refractivity contribution < 1.29 is 9.59 Å². The molecule has 0 aromatic heterocycles. The summed E-state index contributed by atoms with van der Waals surface area (Å²) >= 11 is 4.20. The van der Waals surface area contributed by atoms with Crippen molar-refractivity contribution in [3.63, 3.8) is 0 Å². The Bertz CT molecular complexity index is 369. The Balaban J connectivity index is 1.95. The van der Waals surface area contributed by atoms with Gasteiger partial charge in [0.1, 0.15) is 0 Å². The third-order valence-corrected chi connectivity index (χ3v) is 3.95. The lowest BCUT2D eigenvalue weighted by Gasteiger charge is -2.06. The van der Waals surface area contributed by atoms with E-state index in [0.717, 1.165) is 25.0 Å². The highest BCUT2D eigenvalue weighted by atomic mass is 32.1. The molecule has 1 aliphatic carbocycles. The van der Waals surface area contributed by atoms with E-state index in [2.05, 4.69) is 12.6 Å². The lowest BCUT2D eigenvalue weighted by Crippen LogP contribution is -2.07. The van der Waals surface area contributed by atoms with Crippen LogP contribution in [0.15, 0.2) is 23.8 Å². The lowest BCUT2D eigenvalue weighted by molar-refractivity contribution is -0.114. The summed E-state index contributed by atoms with van der Waals surface area (Å²) in [5.74, 6) is 0.960. The molecule has 0 spiro atoms. The Kier molecular flexibility index (Phi) is 9.38. The number of rotatable bonds is 11. The normalized spacial score (nSPS) is 14.8. The van der Waals surface area contributed by atoms with E-state index in [4.69, 9.17) is 0 Å². The lowest BCUT2D eigenvalue weighted by atomic mass is 9.97. The van der Waals surface area contributed by atoms with Crippen molar-refractivity contribution in [1.29, 1.82) is 0 Å². The summed E-state index contributed by atoms with van der Waals surface area (Å²) in [6.45, 7) is 0. The number of unbranched alkanes of at least 4 members (excludes halogenated alkanes) is 8. The zero-order valence-corrected chi connectivity index (χ0v) is 13.2. The summed E-state index contributed by atoms with van der Waals surface area (Å²) in [5, 5.41) is 0. The minimum Gasteiger partial charge on any atom is -0.290 e. The molecule has 0 N–H and O–H groups in total. The maximum absolute atomic E-state index is 11.5. The third-order valence-electron chi connectivity index (χ3n) is 3.64. The van der Waals surface area contributed by atoms with Gasteiger partial charge in [-0.1, -0.05) is 44.9 Å². The van der Waals surface area contributed by atoms with Crippen molar-refractivity contribution in [3.8, 4) is 0 Å². The molecule has 0 unspecified atom stereocenters. The number of hydrogen-bond acceptors (Lipinski definition) is 3. The van der Waals surface area contributed by atoms with Gasteiger partial charge in [-0.15, -0.1) is 0 Å². The summed E-state index contributed by atoms with van der Waals surface area (Å²) in [6, 6.07) is 0. The van der Waals surface area contributed by atoms with Crippen LogP contribution in [0.5, 0.6) is 0 Å². The fourth-order valence-corrected chi connectivity index (χ4v) is 2.64. The molecule has 0 bridgehead atoms. The highest BCUT2D eigenvalue weighted by Crippen LogP contribution is 2.16. The van der Waals surface area contributed by atoms with Crippen LogP contribution < -0.4 is 0 Å². The summed E-state index contributed by atoms with van der Waals surface area (Å²) in [7, 11) is 0. The molecule has 112 valence electrons. The molecular weight excluding hydrogens is 268 g/mol. The second-order valence-corrected chi connectivity index (χ2v) is 5.87. The highest BCUT2D eigenvalue weighted by molar-refractivity contribution is 7.80. The average molecular weight is 294 g/mol. The molecule has 0 atom stereocenters. The van der Waals surface area contributed by atoms with Gasteiger partial charge in [-0.25, -0.2) is 0 Å². The van der Waals surface area contributed by atoms with Crippen LogP contribution in [0, 0.1) is 0 Å². The number of ketones is 2. The molecule has 0 saturated carbocycles. The summed E-state index contributed by atoms with van der Waals surface area (Å²) < 4.78 is 0. The number of hydrogen-bond donors (Lipinski definition) is 1.